The number of para-hydroxylation sites is 1. The predicted molar refractivity (Wildman–Crippen MR) is 87.5 cm³/mol. The van der Waals surface area contributed by atoms with Gasteiger partial charge in [-0.25, -0.2) is 0 Å². The molecular formula is C16H18N2O4S. The second-order valence-electron chi connectivity index (χ2n) is 5.54. The Balaban J connectivity index is 1.58. The van der Waals surface area contributed by atoms with Crippen molar-refractivity contribution in [3.05, 3.63) is 29.8 Å². The Labute approximate surface area is 138 Å². The fraction of sp³-hybridized carbons (Fsp3) is 0.438. The summed E-state index contributed by atoms with van der Waals surface area (Å²) < 4.78 is 5.22. The van der Waals surface area contributed by atoms with Crippen molar-refractivity contribution in [1.29, 1.82) is 0 Å². The zero-order chi connectivity index (χ0) is 16.4. The maximum atomic E-state index is 12.5. The molecule has 0 aromatic heterocycles. The molecule has 3 rings (SSSR count). The number of benzene rings is 1. The maximum Gasteiger partial charge on any atom is 0.326 e. The molecule has 0 radical (unpaired) electrons. The summed E-state index contributed by atoms with van der Waals surface area (Å²) in [4.78, 5) is 39.0. The summed E-state index contributed by atoms with van der Waals surface area (Å²) >= 11 is 1.19. The summed E-state index contributed by atoms with van der Waals surface area (Å²) in [5, 5.41) is -0.116. The first-order valence-corrected chi connectivity index (χ1v) is 8.55. The third-order valence-electron chi connectivity index (χ3n) is 3.97. The highest BCUT2D eigenvalue weighted by atomic mass is 32.2. The maximum absolute atomic E-state index is 12.5. The third-order valence-corrected chi connectivity index (χ3v) is 4.87. The lowest BCUT2D eigenvalue weighted by molar-refractivity contribution is -0.154. The van der Waals surface area contributed by atoms with Gasteiger partial charge in [-0.1, -0.05) is 30.0 Å². The van der Waals surface area contributed by atoms with Crippen molar-refractivity contribution in [3.63, 3.8) is 0 Å². The van der Waals surface area contributed by atoms with Gasteiger partial charge in [-0.2, -0.15) is 0 Å². The fourth-order valence-electron chi connectivity index (χ4n) is 2.80. The van der Waals surface area contributed by atoms with Crippen LogP contribution in [0, 0.1) is 0 Å². The van der Waals surface area contributed by atoms with Crippen LogP contribution < -0.4 is 4.90 Å². The highest BCUT2D eigenvalue weighted by Gasteiger charge is 2.31. The number of carbonyl (C=O) groups excluding carboxylic acids is 3. The molecule has 2 amide bonds. The van der Waals surface area contributed by atoms with Crippen LogP contribution in [0.25, 0.3) is 0 Å². The van der Waals surface area contributed by atoms with Crippen LogP contribution in [-0.4, -0.2) is 53.5 Å². The van der Waals surface area contributed by atoms with Crippen LogP contribution in [0.15, 0.2) is 24.3 Å². The van der Waals surface area contributed by atoms with E-state index in [1.807, 2.05) is 24.3 Å². The van der Waals surface area contributed by atoms with E-state index in [-0.39, 0.29) is 17.7 Å². The van der Waals surface area contributed by atoms with Crippen LogP contribution in [0.3, 0.4) is 0 Å². The van der Waals surface area contributed by atoms with Crippen molar-refractivity contribution in [3.8, 4) is 0 Å². The van der Waals surface area contributed by atoms with Crippen LogP contribution in [-0.2, 0) is 20.7 Å². The van der Waals surface area contributed by atoms with Gasteiger partial charge in [-0.15, -0.1) is 0 Å². The van der Waals surface area contributed by atoms with E-state index >= 15 is 0 Å². The van der Waals surface area contributed by atoms with Crippen molar-refractivity contribution in [2.24, 2.45) is 0 Å². The van der Waals surface area contributed by atoms with Crippen molar-refractivity contribution in [2.45, 2.75) is 19.4 Å². The molecule has 2 aliphatic heterocycles. The van der Waals surface area contributed by atoms with Gasteiger partial charge in [0.25, 0.3) is 11.1 Å². The van der Waals surface area contributed by atoms with Crippen molar-refractivity contribution < 1.29 is 19.1 Å². The summed E-state index contributed by atoms with van der Waals surface area (Å²) in [7, 11) is 0. The fourth-order valence-corrected chi connectivity index (χ4v) is 3.62. The number of amides is 2. The minimum absolute atomic E-state index is 0.0972. The molecule has 1 aromatic carbocycles. The molecule has 1 aromatic rings. The summed E-state index contributed by atoms with van der Waals surface area (Å²) in [5.74, 6) is -0.0925. The van der Waals surface area contributed by atoms with Gasteiger partial charge >= 0.3 is 5.97 Å². The molecule has 2 heterocycles. The number of rotatable bonds is 4. The SMILES string of the molecule is C[C@H](OC(=O)CN1CCSC1=O)C(=O)N1CCc2ccccc21. The normalized spacial score (nSPS) is 18.0. The molecule has 23 heavy (non-hydrogen) atoms. The van der Waals surface area contributed by atoms with Gasteiger partial charge in [0.05, 0.1) is 0 Å². The molecule has 0 saturated carbocycles. The highest BCUT2D eigenvalue weighted by Crippen LogP contribution is 2.28. The minimum Gasteiger partial charge on any atom is -0.451 e. The van der Waals surface area contributed by atoms with Gasteiger partial charge < -0.3 is 14.5 Å². The van der Waals surface area contributed by atoms with Crippen LogP contribution in [0.5, 0.6) is 0 Å². The van der Waals surface area contributed by atoms with Crippen molar-refractivity contribution >= 4 is 34.6 Å². The van der Waals surface area contributed by atoms with Crippen LogP contribution in [0.4, 0.5) is 10.5 Å². The standard InChI is InChI=1S/C16H18N2O4S/c1-11(22-14(19)10-17-8-9-23-16(17)21)15(20)18-7-6-12-4-2-3-5-13(12)18/h2-5,11H,6-10H2,1H3/t11-/m0/s1. The average Bonchev–Trinajstić information content (AvgIpc) is 3.13. The largest absolute Gasteiger partial charge is 0.451 e. The Morgan fingerprint density at radius 1 is 1.30 bits per heavy atom. The first-order chi connectivity index (χ1) is 11.1. The lowest BCUT2D eigenvalue weighted by Gasteiger charge is -2.22. The molecule has 1 saturated heterocycles. The predicted octanol–water partition coefficient (Wildman–Crippen LogP) is 1.68. The monoisotopic (exact) mass is 334 g/mol. The topological polar surface area (TPSA) is 66.9 Å². The molecule has 6 nitrogen and oxygen atoms in total. The number of anilines is 1. The number of fused-ring (bicyclic) bond motifs is 1. The van der Waals surface area contributed by atoms with Gasteiger partial charge in [0.15, 0.2) is 6.10 Å². The lowest BCUT2D eigenvalue weighted by Crippen LogP contribution is -2.41. The number of esters is 1. The number of nitrogens with zero attached hydrogens (tertiary/aromatic N) is 2. The van der Waals surface area contributed by atoms with Gasteiger partial charge in [0.2, 0.25) is 0 Å². The van der Waals surface area contributed by atoms with E-state index in [0.29, 0.717) is 18.8 Å². The second-order valence-corrected chi connectivity index (χ2v) is 6.58. The molecule has 0 aliphatic carbocycles. The zero-order valence-electron chi connectivity index (χ0n) is 12.9. The Hall–Kier alpha value is -2.02. The summed E-state index contributed by atoms with van der Waals surface area (Å²) in [6.07, 6.45) is -0.0544. The van der Waals surface area contributed by atoms with Gasteiger partial charge in [0, 0.05) is 24.5 Å². The number of carbonyl (C=O) groups is 3. The van der Waals surface area contributed by atoms with Gasteiger partial charge in [-0.3, -0.25) is 14.4 Å². The Morgan fingerprint density at radius 2 is 2.09 bits per heavy atom. The zero-order valence-corrected chi connectivity index (χ0v) is 13.7. The van der Waals surface area contributed by atoms with Crippen LogP contribution in [0.1, 0.15) is 12.5 Å². The number of hydrogen-bond acceptors (Lipinski definition) is 5. The number of thioether (sulfide) groups is 1. The summed E-state index contributed by atoms with van der Waals surface area (Å²) in [5.41, 5.74) is 2.01. The third kappa shape index (κ3) is 3.34. The summed E-state index contributed by atoms with van der Waals surface area (Å²) in [6, 6.07) is 7.73. The van der Waals surface area contributed by atoms with E-state index in [9.17, 15) is 14.4 Å². The molecular weight excluding hydrogens is 316 g/mol. The first kappa shape index (κ1) is 15.9. The molecule has 0 bridgehead atoms. The molecule has 7 heteroatoms. The van der Waals surface area contributed by atoms with Gasteiger partial charge in [-0.05, 0) is 25.0 Å². The van der Waals surface area contributed by atoms with Crippen molar-refractivity contribution in [2.75, 3.05) is 30.3 Å². The Morgan fingerprint density at radius 3 is 2.83 bits per heavy atom. The Bertz CT molecular complexity index is 649. The Kier molecular flexibility index (Phi) is 4.56. The van der Waals surface area contributed by atoms with Gasteiger partial charge in [0.1, 0.15) is 6.54 Å². The van der Waals surface area contributed by atoms with E-state index in [1.54, 1.807) is 11.8 Å². The molecule has 2 aliphatic rings. The van der Waals surface area contributed by atoms with Crippen LogP contribution >= 0.6 is 11.8 Å². The molecule has 1 atom stereocenters. The van der Waals surface area contributed by atoms with Crippen molar-refractivity contribution in [1.82, 2.24) is 4.90 Å². The number of ether oxygens (including phenoxy) is 1. The quantitative estimate of drug-likeness (QED) is 0.784. The number of hydrogen-bond donors (Lipinski definition) is 0. The average molecular weight is 334 g/mol. The second kappa shape index (κ2) is 6.62. The molecule has 0 spiro atoms. The molecule has 1 fully saturated rings. The highest BCUT2D eigenvalue weighted by molar-refractivity contribution is 8.13. The van der Waals surface area contributed by atoms with E-state index in [4.69, 9.17) is 4.74 Å². The molecule has 0 unspecified atom stereocenters. The van der Waals surface area contributed by atoms with Crippen LogP contribution in [0.2, 0.25) is 0 Å². The van der Waals surface area contributed by atoms with E-state index in [2.05, 4.69) is 0 Å². The van der Waals surface area contributed by atoms with E-state index < -0.39 is 12.1 Å². The lowest BCUT2D eigenvalue weighted by atomic mass is 10.2. The minimum atomic E-state index is -0.862. The van der Waals surface area contributed by atoms with E-state index in [1.165, 1.54) is 16.7 Å². The van der Waals surface area contributed by atoms with E-state index in [0.717, 1.165) is 17.7 Å². The molecule has 122 valence electrons. The smallest absolute Gasteiger partial charge is 0.326 e. The first-order valence-electron chi connectivity index (χ1n) is 7.56. The summed E-state index contributed by atoms with van der Waals surface area (Å²) in [6.45, 7) is 2.61. The molecule has 0 N–H and O–H groups in total.